The summed E-state index contributed by atoms with van der Waals surface area (Å²) in [4.78, 5) is 2.21. The topological polar surface area (TPSA) is 58.6 Å². The average molecular weight is 296 g/mol. The quantitative estimate of drug-likeness (QED) is 0.763. The Morgan fingerprint density at radius 2 is 2.10 bits per heavy atom. The van der Waals surface area contributed by atoms with E-state index in [9.17, 15) is 8.42 Å². The summed E-state index contributed by atoms with van der Waals surface area (Å²) in [5.41, 5.74) is 0.689. The molecule has 20 heavy (non-hydrogen) atoms. The van der Waals surface area contributed by atoms with Crippen LogP contribution in [0.5, 0.6) is 5.75 Å². The number of hydrogen-bond acceptors (Lipinski definition) is 5. The van der Waals surface area contributed by atoms with Gasteiger partial charge in [-0.05, 0) is 26.2 Å². The Morgan fingerprint density at radius 3 is 2.65 bits per heavy atom. The van der Waals surface area contributed by atoms with Crippen LogP contribution in [0.3, 0.4) is 0 Å². The van der Waals surface area contributed by atoms with Crippen molar-refractivity contribution in [3.8, 4) is 18.1 Å². The van der Waals surface area contributed by atoms with Gasteiger partial charge in [0.15, 0.2) is 9.84 Å². The van der Waals surface area contributed by atoms with Gasteiger partial charge in [0.2, 0.25) is 0 Å². The van der Waals surface area contributed by atoms with Crippen LogP contribution < -0.4 is 10.1 Å². The molecule has 0 aromatic heterocycles. The third-order valence-corrected chi connectivity index (χ3v) is 3.67. The van der Waals surface area contributed by atoms with Crippen molar-refractivity contribution in [3.05, 3.63) is 18.2 Å². The fourth-order valence-corrected chi connectivity index (χ4v) is 2.12. The Balaban J connectivity index is 2.97. The van der Waals surface area contributed by atoms with Gasteiger partial charge in [-0.15, -0.1) is 6.42 Å². The first-order valence-electron chi connectivity index (χ1n) is 6.13. The second-order valence-electron chi connectivity index (χ2n) is 4.64. The SMILES string of the molecule is C#CCNc1ccc(S(C)(=O)=O)cc1OCCN(C)C. The summed E-state index contributed by atoms with van der Waals surface area (Å²) in [6.45, 7) is 1.55. The molecule has 5 nitrogen and oxygen atoms in total. The van der Waals surface area contributed by atoms with E-state index in [1.807, 2.05) is 19.0 Å². The molecule has 0 aliphatic rings. The molecule has 0 aliphatic heterocycles. The monoisotopic (exact) mass is 296 g/mol. The van der Waals surface area contributed by atoms with Gasteiger partial charge in [0.25, 0.3) is 0 Å². The van der Waals surface area contributed by atoms with Crippen LogP contribution >= 0.6 is 0 Å². The maximum Gasteiger partial charge on any atom is 0.175 e. The number of nitrogens with zero attached hydrogens (tertiary/aromatic N) is 1. The van der Waals surface area contributed by atoms with E-state index in [4.69, 9.17) is 11.2 Å². The van der Waals surface area contributed by atoms with Crippen LogP contribution in [-0.2, 0) is 9.84 Å². The van der Waals surface area contributed by atoms with Crippen molar-refractivity contribution in [1.82, 2.24) is 4.90 Å². The number of rotatable bonds is 7. The third kappa shape index (κ3) is 5.11. The Morgan fingerprint density at radius 1 is 1.40 bits per heavy atom. The van der Waals surface area contributed by atoms with Crippen molar-refractivity contribution in [3.63, 3.8) is 0 Å². The Kier molecular flexibility index (Phi) is 5.86. The summed E-state index contributed by atoms with van der Waals surface area (Å²) >= 11 is 0. The number of hydrogen-bond donors (Lipinski definition) is 1. The number of terminal acetylenes is 1. The van der Waals surface area contributed by atoms with Gasteiger partial charge < -0.3 is 15.0 Å². The maximum atomic E-state index is 11.6. The molecule has 0 fully saturated rings. The van der Waals surface area contributed by atoms with E-state index in [0.717, 1.165) is 6.54 Å². The molecule has 1 aromatic rings. The van der Waals surface area contributed by atoms with E-state index in [-0.39, 0.29) is 4.90 Å². The van der Waals surface area contributed by atoms with Crippen molar-refractivity contribution in [1.29, 1.82) is 0 Å². The number of ether oxygens (including phenoxy) is 1. The fourth-order valence-electron chi connectivity index (χ4n) is 1.48. The van der Waals surface area contributed by atoms with Gasteiger partial charge in [-0.3, -0.25) is 0 Å². The molecule has 0 spiro atoms. The zero-order valence-electron chi connectivity index (χ0n) is 12.0. The highest BCUT2D eigenvalue weighted by atomic mass is 32.2. The number of nitrogens with one attached hydrogen (secondary N) is 1. The number of sulfone groups is 1. The largest absolute Gasteiger partial charge is 0.490 e. The second-order valence-corrected chi connectivity index (χ2v) is 6.66. The van der Waals surface area contributed by atoms with E-state index < -0.39 is 9.84 Å². The minimum atomic E-state index is -3.26. The lowest BCUT2D eigenvalue weighted by atomic mass is 10.3. The summed E-state index contributed by atoms with van der Waals surface area (Å²) in [6, 6.07) is 4.72. The molecule has 1 N–H and O–H groups in total. The molecule has 0 radical (unpaired) electrons. The average Bonchev–Trinajstić information content (AvgIpc) is 2.35. The van der Waals surface area contributed by atoms with Gasteiger partial charge in [0, 0.05) is 18.9 Å². The molecule has 0 saturated heterocycles. The predicted molar refractivity (Wildman–Crippen MR) is 80.9 cm³/mol. The molecule has 0 aliphatic carbocycles. The van der Waals surface area contributed by atoms with Gasteiger partial charge in [-0.2, -0.15) is 0 Å². The van der Waals surface area contributed by atoms with Crippen LogP contribution in [0.1, 0.15) is 0 Å². The highest BCUT2D eigenvalue weighted by molar-refractivity contribution is 7.90. The summed E-state index contributed by atoms with van der Waals surface area (Å²) in [5.74, 6) is 2.96. The lowest BCUT2D eigenvalue weighted by molar-refractivity contribution is 0.262. The van der Waals surface area contributed by atoms with Gasteiger partial charge in [-0.25, -0.2) is 8.42 Å². The Hall–Kier alpha value is -1.71. The summed E-state index contributed by atoms with van der Waals surface area (Å²) in [6.07, 6.45) is 6.38. The predicted octanol–water partition coefficient (Wildman–Crippen LogP) is 1.08. The van der Waals surface area contributed by atoms with Gasteiger partial charge in [0.05, 0.1) is 17.1 Å². The van der Waals surface area contributed by atoms with Crippen LogP contribution in [0.15, 0.2) is 23.1 Å². The van der Waals surface area contributed by atoms with Crippen LogP contribution in [0.4, 0.5) is 5.69 Å². The van der Waals surface area contributed by atoms with Crippen molar-refractivity contribution in [2.45, 2.75) is 4.90 Å². The third-order valence-electron chi connectivity index (χ3n) is 2.56. The molecule has 0 saturated carbocycles. The fraction of sp³-hybridized carbons (Fsp3) is 0.429. The molecule has 1 aromatic carbocycles. The van der Waals surface area contributed by atoms with E-state index in [1.54, 1.807) is 6.07 Å². The molecule has 110 valence electrons. The molecule has 0 bridgehead atoms. The molecular weight excluding hydrogens is 276 g/mol. The first-order valence-corrected chi connectivity index (χ1v) is 8.02. The second kappa shape index (κ2) is 7.17. The molecule has 0 amide bonds. The molecule has 0 unspecified atom stereocenters. The molecule has 0 atom stereocenters. The van der Waals surface area contributed by atoms with Gasteiger partial charge >= 0.3 is 0 Å². The van der Waals surface area contributed by atoms with Gasteiger partial charge in [-0.1, -0.05) is 5.92 Å². The summed E-state index contributed by atoms with van der Waals surface area (Å²) in [5, 5.41) is 3.01. The van der Waals surface area contributed by atoms with Crippen LogP contribution in [0.25, 0.3) is 0 Å². The highest BCUT2D eigenvalue weighted by Gasteiger charge is 2.12. The van der Waals surface area contributed by atoms with Crippen molar-refractivity contribution >= 4 is 15.5 Å². The van der Waals surface area contributed by atoms with E-state index in [0.29, 0.717) is 24.6 Å². The number of likely N-dealkylation sites (N-methyl/N-ethyl adjacent to an activating group) is 1. The molecule has 0 heterocycles. The minimum absolute atomic E-state index is 0.226. The maximum absolute atomic E-state index is 11.6. The van der Waals surface area contributed by atoms with E-state index >= 15 is 0 Å². The van der Waals surface area contributed by atoms with E-state index in [1.165, 1.54) is 18.4 Å². The van der Waals surface area contributed by atoms with Crippen molar-refractivity contribution in [2.24, 2.45) is 0 Å². The van der Waals surface area contributed by atoms with Crippen LogP contribution in [0, 0.1) is 12.3 Å². The number of anilines is 1. The molecule has 6 heteroatoms. The minimum Gasteiger partial charge on any atom is -0.490 e. The Bertz CT molecular complexity index is 589. The lowest BCUT2D eigenvalue weighted by Gasteiger charge is -2.15. The van der Waals surface area contributed by atoms with Crippen molar-refractivity contribution < 1.29 is 13.2 Å². The molecule has 1 rings (SSSR count). The lowest BCUT2D eigenvalue weighted by Crippen LogP contribution is -2.20. The van der Waals surface area contributed by atoms with Crippen molar-refractivity contribution in [2.75, 3.05) is 45.4 Å². The van der Waals surface area contributed by atoms with E-state index in [2.05, 4.69) is 11.2 Å². The normalized spacial score (nSPS) is 11.2. The zero-order valence-corrected chi connectivity index (χ0v) is 12.8. The number of benzene rings is 1. The van der Waals surface area contributed by atoms with Crippen LogP contribution in [0.2, 0.25) is 0 Å². The molecular formula is C14H20N2O3S. The summed E-state index contributed by atoms with van der Waals surface area (Å²) in [7, 11) is 0.614. The smallest absolute Gasteiger partial charge is 0.175 e. The van der Waals surface area contributed by atoms with Crippen LogP contribution in [-0.4, -0.2) is 53.4 Å². The first-order chi connectivity index (χ1) is 9.34. The first kappa shape index (κ1) is 16.3. The van der Waals surface area contributed by atoms with Gasteiger partial charge in [0.1, 0.15) is 12.4 Å². The standard InChI is InChI=1S/C14H20N2O3S/c1-5-8-15-13-7-6-12(20(4,17)18)11-14(13)19-10-9-16(2)3/h1,6-7,11,15H,8-10H2,2-4H3. The summed E-state index contributed by atoms with van der Waals surface area (Å²) < 4.78 is 28.8. The zero-order chi connectivity index (χ0) is 15.2. The Labute approximate surface area is 120 Å². The highest BCUT2D eigenvalue weighted by Crippen LogP contribution is 2.27.